The molecule has 1 aliphatic heterocycles. The van der Waals surface area contributed by atoms with Gasteiger partial charge in [-0.25, -0.2) is 14.8 Å². The van der Waals surface area contributed by atoms with Gasteiger partial charge in [-0.15, -0.1) is 0 Å². The van der Waals surface area contributed by atoms with Gasteiger partial charge in [-0.2, -0.15) is 0 Å². The average Bonchev–Trinajstić information content (AvgIpc) is 2.79. The van der Waals surface area contributed by atoms with E-state index in [4.69, 9.17) is 16.3 Å². The Hall–Kier alpha value is -3.33. The highest BCUT2D eigenvalue weighted by atomic mass is 35.5. The second-order valence-corrected chi connectivity index (χ2v) is 7.52. The number of amides is 2. The Bertz CT molecular complexity index is 1170. The van der Waals surface area contributed by atoms with Crippen molar-refractivity contribution in [2.75, 3.05) is 43.5 Å². The number of benzene rings is 1. The number of pyridine rings is 1. The first-order valence-corrected chi connectivity index (χ1v) is 10.4. The van der Waals surface area contributed by atoms with Crippen LogP contribution < -0.4 is 20.5 Å². The standard InChI is InChI=1S/C21H23ClN6O3/c1-3-28-18-15(5-4-8-23-18)24-19(20(28)29)26-9-11-27(12-10-26)21(30)25-16-13-14(22)6-7-17(16)31-2/h4-8,13H,3,9-12H2,1-2H3,(H,25,30). The second kappa shape index (κ2) is 8.81. The van der Waals surface area contributed by atoms with Crippen molar-refractivity contribution in [2.24, 2.45) is 0 Å². The monoisotopic (exact) mass is 442 g/mol. The molecule has 0 unspecified atom stereocenters. The van der Waals surface area contributed by atoms with Gasteiger partial charge >= 0.3 is 6.03 Å². The molecule has 1 aromatic carbocycles. The van der Waals surface area contributed by atoms with E-state index in [0.717, 1.165) is 0 Å². The summed E-state index contributed by atoms with van der Waals surface area (Å²) < 4.78 is 6.91. The lowest BCUT2D eigenvalue weighted by Crippen LogP contribution is -2.51. The molecule has 162 valence electrons. The van der Waals surface area contributed by atoms with Gasteiger partial charge in [0.2, 0.25) is 0 Å². The normalized spacial score (nSPS) is 14.0. The number of anilines is 2. The summed E-state index contributed by atoms with van der Waals surface area (Å²) in [5.74, 6) is 0.921. The van der Waals surface area contributed by atoms with Crippen LogP contribution >= 0.6 is 11.6 Å². The number of nitrogens with zero attached hydrogens (tertiary/aromatic N) is 5. The fraction of sp³-hybridized carbons (Fsp3) is 0.333. The average molecular weight is 443 g/mol. The van der Waals surface area contributed by atoms with Crippen molar-refractivity contribution in [1.82, 2.24) is 19.4 Å². The van der Waals surface area contributed by atoms with Gasteiger partial charge in [-0.05, 0) is 37.3 Å². The molecule has 3 aromatic rings. The maximum Gasteiger partial charge on any atom is 0.322 e. The zero-order valence-corrected chi connectivity index (χ0v) is 18.1. The van der Waals surface area contributed by atoms with Gasteiger partial charge in [-0.3, -0.25) is 9.36 Å². The Kier molecular flexibility index (Phi) is 5.94. The largest absolute Gasteiger partial charge is 0.495 e. The first-order chi connectivity index (χ1) is 15.0. The summed E-state index contributed by atoms with van der Waals surface area (Å²) >= 11 is 6.04. The van der Waals surface area contributed by atoms with E-state index in [0.29, 0.717) is 66.2 Å². The van der Waals surface area contributed by atoms with E-state index in [-0.39, 0.29) is 11.6 Å². The van der Waals surface area contributed by atoms with E-state index in [1.165, 1.54) is 7.11 Å². The van der Waals surface area contributed by atoms with Crippen molar-refractivity contribution < 1.29 is 9.53 Å². The highest BCUT2D eigenvalue weighted by molar-refractivity contribution is 6.31. The van der Waals surface area contributed by atoms with E-state index >= 15 is 0 Å². The van der Waals surface area contributed by atoms with E-state index in [2.05, 4.69) is 15.3 Å². The predicted octanol–water partition coefficient (Wildman–Crippen LogP) is 2.83. The van der Waals surface area contributed by atoms with E-state index in [9.17, 15) is 9.59 Å². The molecule has 0 aliphatic carbocycles. The van der Waals surface area contributed by atoms with Crippen molar-refractivity contribution in [1.29, 1.82) is 0 Å². The molecular formula is C21H23ClN6O3. The third kappa shape index (κ3) is 4.13. The Morgan fingerprint density at radius 3 is 2.71 bits per heavy atom. The Labute approximate surface area is 184 Å². The zero-order chi connectivity index (χ0) is 22.0. The Morgan fingerprint density at radius 1 is 1.23 bits per heavy atom. The van der Waals surface area contributed by atoms with Crippen LogP contribution in [0.5, 0.6) is 5.75 Å². The number of piperazine rings is 1. The summed E-state index contributed by atoms with van der Waals surface area (Å²) in [6, 6.07) is 8.45. The van der Waals surface area contributed by atoms with E-state index < -0.39 is 0 Å². The number of nitrogens with one attached hydrogen (secondary N) is 1. The number of aromatic nitrogens is 3. The quantitative estimate of drug-likeness (QED) is 0.668. The molecule has 1 N–H and O–H groups in total. The van der Waals surface area contributed by atoms with Crippen molar-refractivity contribution in [3.05, 3.63) is 51.9 Å². The summed E-state index contributed by atoms with van der Waals surface area (Å²) in [4.78, 5) is 38.2. The molecule has 2 amide bonds. The third-order valence-corrected chi connectivity index (χ3v) is 5.51. The van der Waals surface area contributed by atoms with Gasteiger partial charge in [0, 0.05) is 43.9 Å². The molecule has 4 rings (SSSR count). The number of aryl methyl sites for hydroxylation is 1. The SMILES string of the molecule is CCn1c(=O)c(N2CCN(C(=O)Nc3cc(Cl)ccc3OC)CC2)nc2cccnc21. The third-order valence-electron chi connectivity index (χ3n) is 5.27. The minimum absolute atomic E-state index is 0.171. The van der Waals surface area contributed by atoms with Crippen LogP contribution in [0.4, 0.5) is 16.3 Å². The molecule has 0 spiro atoms. The maximum atomic E-state index is 13.0. The molecule has 31 heavy (non-hydrogen) atoms. The number of ether oxygens (including phenoxy) is 1. The van der Waals surface area contributed by atoms with Gasteiger partial charge in [0.15, 0.2) is 11.5 Å². The minimum Gasteiger partial charge on any atom is -0.495 e. The number of hydrogen-bond donors (Lipinski definition) is 1. The van der Waals surface area contributed by atoms with E-state index in [1.807, 2.05) is 17.9 Å². The van der Waals surface area contributed by atoms with Crippen LogP contribution in [0.2, 0.25) is 5.02 Å². The Morgan fingerprint density at radius 2 is 2.00 bits per heavy atom. The van der Waals surface area contributed by atoms with Gasteiger partial charge in [-0.1, -0.05) is 11.6 Å². The minimum atomic E-state index is -0.248. The summed E-state index contributed by atoms with van der Waals surface area (Å²) in [5, 5.41) is 3.35. The summed E-state index contributed by atoms with van der Waals surface area (Å²) in [7, 11) is 1.53. The number of rotatable bonds is 4. The second-order valence-electron chi connectivity index (χ2n) is 7.08. The number of halogens is 1. The molecule has 1 aliphatic rings. The summed E-state index contributed by atoms with van der Waals surface area (Å²) in [6.45, 7) is 4.31. The first kappa shape index (κ1) is 20.9. The highest BCUT2D eigenvalue weighted by Gasteiger charge is 2.25. The lowest BCUT2D eigenvalue weighted by atomic mass is 10.3. The number of carbonyl (C=O) groups excluding carboxylic acids is 1. The first-order valence-electron chi connectivity index (χ1n) is 10.0. The summed E-state index contributed by atoms with van der Waals surface area (Å²) in [5.41, 5.74) is 1.59. The molecular weight excluding hydrogens is 420 g/mol. The molecule has 10 heteroatoms. The lowest BCUT2D eigenvalue weighted by molar-refractivity contribution is 0.208. The number of urea groups is 1. The number of fused-ring (bicyclic) bond motifs is 1. The molecule has 2 aromatic heterocycles. The summed E-state index contributed by atoms with van der Waals surface area (Å²) in [6.07, 6.45) is 1.65. The van der Waals surface area contributed by atoms with Crippen LogP contribution in [0.3, 0.4) is 0 Å². The van der Waals surface area contributed by atoms with Crippen LogP contribution in [0.15, 0.2) is 41.3 Å². The molecule has 1 saturated heterocycles. The molecule has 0 saturated carbocycles. The number of carbonyl (C=O) groups is 1. The fourth-order valence-electron chi connectivity index (χ4n) is 3.66. The van der Waals surface area contributed by atoms with Crippen LogP contribution in [0, 0.1) is 0 Å². The fourth-order valence-corrected chi connectivity index (χ4v) is 3.83. The molecule has 0 radical (unpaired) electrons. The highest BCUT2D eigenvalue weighted by Crippen LogP contribution is 2.28. The van der Waals surface area contributed by atoms with Crippen molar-refractivity contribution in [3.63, 3.8) is 0 Å². The molecule has 0 bridgehead atoms. The zero-order valence-electron chi connectivity index (χ0n) is 17.3. The Balaban J connectivity index is 1.49. The van der Waals surface area contributed by atoms with Crippen LogP contribution in [0.1, 0.15) is 6.92 Å². The van der Waals surface area contributed by atoms with Crippen LogP contribution in [-0.2, 0) is 6.54 Å². The van der Waals surface area contributed by atoms with Gasteiger partial charge in [0.25, 0.3) is 5.56 Å². The van der Waals surface area contributed by atoms with Crippen LogP contribution in [-0.4, -0.2) is 58.8 Å². The molecule has 0 atom stereocenters. The topological polar surface area (TPSA) is 92.6 Å². The smallest absolute Gasteiger partial charge is 0.322 e. The van der Waals surface area contributed by atoms with Crippen molar-refractivity contribution in [3.8, 4) is 5.75 Å². The van der Waals surface area contributed by atoms with Crippen molar-refractivity contribution in [2.45, 2.75) is 13.5 Å². The van der Waals surface area contributed by atoms with Crippen LogP contribution in [0.25, 0.3) is 11.2 Å². The maximum absolute atomic E-state index is 13.0. The lowest BCUT2D eigenvalue weighted by Gasteiger charge is -2.35. The van der Waals surface area contributed by atoms with Gasteiger partial charge in [0.05, 0.1) is 12.8 Å². The van der Waals surface area contributed by atoms with Gasteiger partial charge < -0.3 is 19.9 Å². The molecule has 9 nitrogen and oxygen atoms in total. The molecule has 1 fully saturated rings. The van der Waals surface area contributed by atoms with Crippen molar-refractivity contribution >= 4 is 40.3 Å². The van der Waals surface area contributed by atoms with E-state index in [1.54, 1.807) is 39.9 Å². The van der Waals surface area contributed by atoms with Gasteiger partial charge in [0.1, 0.15) is 11.3 Å². The number of methoxy groups -OCH3 is 1. The number of hydrogen-bond acceptors (Lipinski definition) is 6. The molecule has 3 heterocycles. The predicted molar refractivity (Wildman–Crippen MR) is 120 cm³/mol.